The molecule has 1 aromatic rings. The van der Waals surface area contributed by atoms with Gasteiger partial charge < -0.3 is 4.43 Å². The van der Waals surface area contributed by atoms with Crippen LogP contribution in [0.2, 0.25) is 19.1 Å². The molecule has 0 aromatic heterocycles. The summed E-state index contributed by atoms with van der Waals surface area (Å²) in [5.74, 6) is -9.25. The van der Waals surface area contributed by atoms with Crippen LogP contribution >= 0.6 is 0 Å². The lowest BCUT2D eigenvalue weighted by Gasteiger charge is -2.19. The van der Waals surface area contributed by atoms with Gasteiger partial charge in [0, 0.05) is 12.7 Å². The van der Waals surface area contributed by atoms with Crippen molar-refractivity contribution < 1.29 is 26.4 Å². The minimum Gasteiger partial charge on any atom is -0.420 e. The van der Waals surface area contributed by atoms with Crippen LogP contribution in [0.25, 0.3) is 0 Å². The van der Waals surface area contributed by atoms with Crippen molar-refractivity contribution in [1.82, 2.24) is 0 Å². The third kappa shape index (κ3) is 5.84. The van der Waals surface area contributed by atoms with Gasteiger partial charge in [0.25, 0.3) is 0 Å². The highest BCUT2D eigenvalue weighted by Crippen LogP contribution is 2.24. The summed E-state index contributed by atoms with van der Waals surface area (Å²) in [4.78, 5) is 0. The van der Waals surface area contributed by atoms with Crippen LogP contribution in [0.5, 0.6) is 0 Å². The number of hydrogen-bond donors (Lipinski definition) is 0. The third-order valence-corrected chi connectivity index (χ3v) is 6.97. The van der Waals surface area contributed by atoms with Gasteiger partial charge in [-0.1, -0.05) is 32.1 Å². The monoisotopic (exact) mass is 368 g/mol. The SMILES string of the molecule is CO[Si](C)(C)CCCCCCCCc1c(F)c(F)c(F)c(F)c1F. The lowest BCUT2D eigenvalue weighted by Crippen LogP contribution is -2.27. The fourth-order valence-corrected chi connectivity index (χ4v) is 3.84. The second-order valence-corrected chi connectivity index (χ2v) is 11.1. The smallest absolute Gasteiger partial charge is 0.200 e. The van der Waals surface area contributed by atoms with E-state index in [0.717, 1.165) is 31.7 Å². The van der Waals surface area contributed by atoms with Gasteiger partial charge in [0.1, 0.15) is 0 Å². The van der Waals surface area contributed by atoms with Gasteiger partial charge in [0.2, 0.25) is 5.82 Å². The zero-order valence-corrected chi connectivity index (χ0v) is 15.5. The van der Waals surface area contributed by atoms with Gasteiger partial charge in [-0.25, -0.2) is 22.0 Å². The normalized spacial score (nSPS) is 12.0. The zero-order chi connectivity index (χ0) is 18.3. The second kappa shape index (κ2) is 9.51. The molecule has 0 heterocycles. The molecule has 0 saturated carbocycles. The fourth-order valence-electron chi connectivity index (χ4n) is 2.53. The van der Waals surface area contributed by atoms with Gasteiger partial charge in [-0.05, 0) is 32.0 Å². The summed E-state index contributed by atoms with van der Waals surface area (Å²) in [6.07, 6.45) is 4.97. The van der Waals surface area contributed by atoms with Crippen LogP contribution in [0.1, 0.15) is 44.1 Å². The van der Waals surface area contributed by atoms with E-state index in [-0.39, 0.29) is 6.42 Å². The van der Waals surface area contributed by atoms with Crippen LogP contribution < -0.4 is 0 Å². The highest BCUT2D eigenvalue weighted by atomic mass is 28.4. The first kappa shape index (κ1) is 21.1. The second-order valence-electron chi connectivity index (χ2n) is 6.63. The lowest BCUT2D eigenvalue weighted by atomic mass is 10.0. The molecule has 0 aliphatic heterocycles. The molecular formula is C17H25F5OSi. The van der Waals surface area contributed by atoms with Gasteiger partial charge >= 0.3 is 0 Å². The Labute approximate surface area is 141 Å². The van der Waals surface area contributed by atoms with E-state index in [2.05, 4.69) is 13.1 Å². The molecule has 0 unspecified atom stereocenters. The summed E-state index contributed by atoms with van der Waals surface area (Å²) in [5, 5.41) is 0. The van der Waals surface area contributed by atoms with Crippen LogP contribution in [0.4, 0.5) is 22.0 Å². The molecule has 0 aliphatic rings. The molecule has 0 fully saturated rings. The molecule has 0 radical (unpaired) electrons. The minimum atomic E-state index is -2.10. The fraction of sp³-hybridized carbons (Fsp3) is 0.647. The van der Waals surface area contributed by atoms with Gasteiger partial charge in [0.15, 0.2) is 31.6 Å². The van der Waals surface area contributed by atoms with E-state index in [1.54, 1.807) is 7.11 Å². The van der Waals surface area contributed by atoms with Gasteiger partial charge in [0.05, 0.1) is 0 Å². The molecule has 24 heavy (non-hydrogen) atoms. The highest BCUT2D eigenvalue weighted by molar-refractivity contribution is 6.71. The Hall–Kier alpha value is -0.953. The molecule has 0 spiro atoms. The van der Waals surface area contributed by atoms with Crippen molar-refractivity contribution in [2.45, 2.75) is 64.1 Å². The van der Waals surface area contributed by atoms with Crippen LogP contribution in [0.15, 0.2) is 0 Å². The molecule has 0 aliphatic carbocycles. The molecule has 0 atom stereocenters. The first-order valence-electron chi connectivity index (χ1n) is 8.26. The number of halogens is 5. The van der Waals surface area contributed by atoms with Crippen LogP contribution in [0.3, 0.4) is 0 Å². The average Bonchev–Trinajstić information content (AvgIpc) is 2.56. The first-order valence-corrected chi connectivity index (χ1v) is 11.4. The van der Waals surface area contributed by atoms with E-state index in [4.69, 9.17) is 4.43 Å². The predicted octanol–water partition coefficient (Wildman–Crippen LogP) is 6.12. The van der Waals surface area contributed by atoms with Crippen molar-refractivity contribution in [2.75, 3.05) is 7.11 Å². The molecule has 1 aromatic carbocycles. The van der Waals surface area contributed by atoms with Gasteiger partial charge in [-0.15, -0.1) is 0 Å². The summed E-state index contributed by atoms with van der Waals surface area (Å²) in [6.45, 7) is 4.33. The average molecular weight is 368 g/mol. The number of unbranched alkanes of at least 4 members (excludes halogenated alkanes) is 5. The zero-order valence-electron chi connectivity index (χ0n) is 14.5. The molecule has 7 heteroatoms. The van der Waals surface area contributed by atoms with Crippen molar-refractivity contribution in [3.63, 3.8) is 0 Å². The molecule has 1 nitrogen and oxygen atoms in total. The molecule has 0 N–H and O–H groups in total. The number of rotatable bonds is 10. The summed E-state index contributed by atoms with van der Waals surface area (Å²) in [5.41, 5.74) is -0.709. The third-order valence-electron chi connectivity index (χ3n) is 4.31. The summed E-state index contributed by atoms with van der Waals surface area (Å²) in [7, 11) is 0.232. The van der Waals surface area contributed by atoms with Crippen molar-refractivity contribution >= 4 is 8.32 Å². The maximum Gasteiger partial charge on any atom is 0.200 e. The quantitative estimate of drug-likeness (QED) is 0.159. The standard InChI is InChI=1S/C17H25F5OSi/c1-23-24(2,3)11-9-7-5-4-6-8-10-12-13(18)15(20)17(22)16(21)14(12)19/h4-11H2,1-3H3. The van der Waals surface area contributed by atoms with Gasteiger partial charge in [-0.3, -0.25) is 0 Å². The minimum absolute atomic E-state index is 0.143. The maximum atomic E-state index is 13.5. The van der Waals surface area contributed by atoms with Crippen molar-refractivity contribution in [3.8, 4) is 0 Å². The molecule has 0 bridgehead atoms. The summed E-state index contributed by atoms with van der Waals surface area (Å²) in [6, 6.07) is 1.09. The van der Waals surface area contributed by atoms with E-state index in [0.29, 0.717) is 12.8 Å². The van der Waals surface area contributed by atoms with Crippen molar-refractivity contribution in [2.24, 2.45) is 0 Å². The van der Waals surface area contributed by atoms with Crippen molar-refractivity contribution in [1.29, 1.82) is 0 Å². The van der Waals surface area contributed by atoms with Crippen LogP contribution in [-0.4, -0.2) is 15.4 Å². The summed E-state index contributed by atoms with van der Waals surface area (Å²) >= 11 is 0. The highest BCUT2D eigenvalue weighted by Gasteiger charge is 2.25. The number of benzene rings is 1. The predicted molar refractivity (Wildman–Crippen MR) is 86.9 cm³/mol. The van der Waals surface area contributed by atoms with E-state index in [1.807, 2.05) is 0 Å². The van der Waals surface area contributed by atoms with E-state index >= 15 is 0 Å². The lowest BCUT2D eigenvalue weighted by molar-refractivity contribution is 0.368. The maximum absolute atomic E-state index is 13.5. The first-order chi connectivity index (χ1) is 11.2. The van der Waals surface area contributed by atoms with E-state index < -0.39 is 43.0 Å². The summed E-state index contributed by atoms with van der Waals surface area (Å²) < 4.78 is 71.5. The van der Waals surface area contributed by atoms with Gasteiger partial charge in [-0.2, -0.15) is 0 Å². The topological polar surface area (TPSA) is 9.23 Å². The Morgan fingerprint density at radius 3 is 1.58 bits per heavy atom. The largest absolute Gasteiger partial charge is 0.420 e. The Balaban J connectivity index is 2.32. The Kier molecular flexibility index (Phi) is 8.36. The molecular weight excluding hydrogens is 343 g/mol. The Morgan fingerprint density at radius 2 is 1.08 bits per heavy atom. The molecule has 1 rings (SSSR count). The van der Waals surface area contributed by atoms with E-state index in [1.165, 1.54) is 0 Å². The Bertz CT molecular complexity index is 519. The van der Waals surface area contributed by atoms with Crippen LogP contribution in [0, 0.1) is 29.1 Å². The number of hydrogen-bond acceptors (Lipinski definition) is 1. The van der Waals surface area contributed by atoms with E-state index in [9.17, 15) is 22.0 Å². The Morgan fingerprint density at radius 1 is 0.667 bits per heavy atom. The van der Waals surface area contributed by atoms with Crippen molar-refractivity contribution in [3.05, 3.63) is 34.6 Å². The molecule has 0 saturated heterocycles. The molecule has 0 amide bonds. The molecule has 138 valence electrons. The van der Waals surface area contributed by atoms with Crippen LogP contribution in [-0.2, 0) is 10.8 Å².